The van der Waals surface area contributed by atoms with Gasteiger partial charge >= 0.3 is 0 Å². The molecule has 86 valence electrons. The second-order valence-electron chi connectivity index (χ2n) is 4.57. The summed E-state index contributed by atoms with van der Waals surface area (Å²) in [5.74, 6) is 0. The first-order valence-corrected chi connectivity index (χ1v) is 6.80. The van der Waals surface area contributed by atoms with E-state index in [2.05, 4.69) is 24.3 Å². The molecule has 0 N–H and O–H groups in total. The summed E-state index contributed by atoms with van der Waals surface area (Å²) in [4.78, 5) is 0. The van der Waals surface area contributed by atoms with Crippen LogP contribution < -0.4 is 0 Å². The maximum Gasteiger partial charge on any atom is -0.0351 e. The van der Waals surface area contributed by atoms with Gasteiger partial charge in [-0.05, 0) is 51.4 Å². The fourth-order valence-electron chi connectivity index (χ4n) is 2.05. The Kier molecular flexibility index (Phi) is 8.38. The molecular formula is C15H26. The van der Waals surface area contributed by atoms with E-state index in [1.165, 1.54) is 70.6 Å². The van der Waals surface area contributed by atoms with Crippen LogP contribution in [0.4, 0.5) is 0 Å². The van der Waals surface area contributed by atoms with Crippen LogP contribution >= 0.6 is 0 Å². The minimum absolute atomic E-state index is 1.30. The molecule has 0 unspecified atom stereocenters. The second-order valence-corrected chi connectivity index (χ2v) is 4.57. The zero-order chi connectivity index (χ0) is 10.6. The molecule has 0 atom stereocenters. The first kappa shape index (κ1) is 12.5. The van der Waals surface area contributed by atoms with Gasteiger partial charge in [-0.1, -0.05) is 43.6 Å². The van der Waals surface area contributed by atoms with Gasteiger partial charge in [-0.15, -0.1) is 0 Å². The van der Waals surface area contributed by atoms with E-state index in [9.17, 15) is 0 Å². The zero-order valence-corrected chi connectivity index (χ0v) is 10.1. The van der Waals surface area contributed by atoms with Crippen LogP contribution in [0.3, 0.4) is 0 Å². The fraction of sp³-hybridized carbons (Fsp3) is 0.733. The molecule has 0 bridgehead atoms. The number of hydrogen-bond acceptors (Lipinski definition) is 0. The zero-order valence-electron chi connectivity index (χ0n) is 10.1. The summed E-state index contributed by atoms with van der Waals surface area (Å²) < 4.78 is 0. The Morgan fingerprint density at radius 2 is 0.600 bits per heavy atom. The summed E-state index contributed by atoms with van der Waals surface area (Å²) in [7, 11) is 0. The molecule has 0 saturated heterocycles. The third kappa shape index (κ3) is 8.47. The van der Waals surface area contributed by atoms with E-state index in [-0.39, 0.29) is 0 Å². The number of rotatable bonds is 0. The summed E-state index contributed by atoms with van der Waals surface area (Å²) in [5, 5.41) is 0. The van der Waals surface area contributed by atoms with Crippen LogP contribution in [-0.4, -0.2) is 0 Å². The molecule has 1 aliphatic carbocycles. The Labute approximate surface area is 95.5 Å². The van der Waals surface area contributed by atoms with Crippen molar-refractivity contribution in [1.29, 1.82) is 0 Å². The van der Waals surface area contributed by atoms with E-state index in [1.807, 2.05) is 0 Å². The van der Waals surface area contributed by atoms with Gasteiger partial charge in [0, 0.05) is 0 Å². The molecule has 0 saturated carbocycles. The van der Waals surface area contributed by atoms with Crippen LogP contribution in [0.25, 0.3) is 0 Å². The molecule has 0 aromatic heterocycles. The normalized spacial score (nSPS) is 26.1. The van der Waals surface area contributed by atoms with Gasteiger partial charge in [-0.3, -0.25) is 0 Å². The van der Waals surface area contributed by atoms with Gasteiger partial charge in [-0.2, -0.15) is 0 Å². The van der Waals surface area contributed by atoms with Gasteiger partial charge < -0.3 is 0 Å². The molecule has 1 aliphatic rings. The summed E-state index contributed by atoms with van der Waals surface area (Å²) in [6.07, 6.45) is 24.5. The van der Waals surface area contributed by atoms with Gasteiger partial charge in [-0.25, -0.2) is 0 Å². The Balaban J connectivity index is 2.15. The molecule has 0 heterocycles. The molecule has 15 heavy (non-hydrogen) atoms. The van der Waals surface area contributed by atoms with Gasteiger partial charge in [0.25, 0.3) is 0 Å². The third-order valence-corrected chi connectivity index (χ3v) is 3.07. The highest BCUT2D eigenvalue weighted by molar-refractivity contribution is 4.83. The molecule has 0 nitrogen and oxygen atoms in total. The number of allylic oxidation sites excluding steroid dienone is 4. The van der Waals surface area contributed by atoms with Crippen molar-refractivity contribution in [2.24, 2.45) is 0 Å². The minimum Gasteiger partial charge on any atom is -0.0885 e. The molecule has 0 aromatic rings. The van der Waals surface area contributed by atoms with E-state index in [0.29, 0.717) is 0 Å². The van der Waals surface area contributed by atoms with Crippen molar-refractivity contribution in [2.75, 3.05) is 0 Å². The molecule has 0 heteroatoms. The average Bonchev–Trinajstić information content (AvgIpc) is 2.27. The Bertz CT molecular complexity index is 156. The van der Waals surface area contributed by atoms with Crippen molar-refractivity contribution in [2.45, 2.75) is 70.6 Å². The predicted octanol–water partition coefficient (Wildman–Crippen LogP) is 5.40. The molecule has 0 spiro atoms. The molecule has 0 aliphatic heterocycles. The largest absolute Gasteiger partial charge is 0.0885 e. The summed E-state index contributed by atoms with van der Waals surface area (Å²) >= 11 is 0. The number of hydrogen-bond donors (Lipinski definition) is 0. The van der Waals surface area contributed by atoms with Crippen LogP contribution in [-0.2, 0) is 0 Å². The van der Waals surface area contributed by atoms with Crippen LogP contribution in [0.15, 0.2) is 24.3 Å². The highest BCUT2D eigenvalue weighted by Gasteiger charge is 1.90. The topological polar surface area (TPSA) is 0 Å². The molecular weight excluding hydrogens is 180 g/mol. The van der Waals surface area contributed by atoms with Crippen molar-refractivity contribution >= 4 is 0 Å². The second kappa shape index (κ2) is 10.0. The van der Waals surface area contributed by atoms with Gasteiger partial charge in [0.15, 0.2) is 0 Å². The minimum atomic E-state index is 1.30. The van der Waals surface area contributed by atoms with Crippen LogP contribution in [0.5, 0.6) is 0 Å². The molecule has 0 fully saturated rings. The molecule has 1 rings (SSSR count). The van der Waals surface area contributed by atoms with E-state index in [4.69, 9.17) is 0 Å². The first-order chi connectivity index (χ1) is 7.50. The summed E-state index contributed by atoms with van der Waals surface area (Å²) in [6, 6.07) is 0. The van der Waals surface area contributed by atoms with Gasteiger partial charge in [0.05, 0.1) is 0 Å². The Hall–Kier alpha value is -0.520. The molecule has 0 aromatic carbocycles. The van der Waals surface area contributed by atoms with Crippen molar-refractivity contribution in [3.05, 3.63) is 24.3 Å². The van der Waals surface area contributed by atoms with E-state index in [1.54, 1.807) is 0 Å². The van der Waals surface area contributed by atoms with Gasteiger partial charge in [0.2, 0.25) is 0 Å². The lowest BCUT2D eigenvalue weighted by Gasteiger charge is -1.96. The quantitative estimate of drug-likeness (QED) is 0.465. The van der Waals surface area contributed by atoms with E-state index >= 15 is 0 Å². The smallest absolute Gasteiger partial charge is 0.0351 e. The van der Waals surface area contributed by atoms with Crippen LogP contribution in [0.2, 0.25) is 0 Å². The van der Waals surface area contributed by atoms with Crippen molar-refractivity contribution in [1.82, 2.24) is 0 Å². The van der Waals surface area contributed by atoms with Crippen molar-refractivity contribution in [3.63, 3.8) is 0 Å². The summed E-state index contributed by atoms with van der Waals surface area (Å²) in [6.45, 7) is 0. The lowest BCUT2D eigenvalue weighted by atomic mass is 10.1. The van der Waals surface area contributed by atoms with Gasteiger partial charge in [0.1, 0.15) is 0 Å². The lowest BCUT2D eigenvalue weighted by Crippen LogP contribution is -1.76. The van der Waals surface area contributed by atoms with Crippen LogP contribution in [0, 0.1) is 0 Å². The highest BCUT2D eigenvalue weighted by Crippen LogP contribution is 2.10. The fourth-order valence-corrected chi connectivity index (χ4v) is 2.05. The Morgan fingerprint density at radius 1 is 0.333 bits per heavy atom. The van der Waals surface area contributed by atoms with Crippen molar-refractivity contribution < 1.29 is 0 Å². The average molecular weight is 206 g/mol. The monoisotopic (exact) mass is 206 g/mol. The SMILES string of the molecule is C1=C/CCCCCC/C=C/CCCCC/1. The maximum atomic E-state index is 2.39. The van der Waals surface area contributed by atoms with E-state index < -0.39 is 0 Å². The predicted molar refractivity (Wildman–Crippen MR) is 69.1 cm³/mol. The molecule has 0 amide bonds. The first-order valence-electron chi connectivity index (χ1n) is 6.80. The third-order valence-electron chi connectivity index (χ3n) is 3.07. The lowest BCUT2D eigenvalue weighted by molar-refractivity contribution is 0.651. The van der Waals surface area contributed by atoms with Crippen LogP contribution in [0.1, 0.15) is 70.6 Å². The van der Waals surface area contributed by atoms with E-state index in [0.717, 1.165) is 0 Å². The standard InChI is InChI=1S/C15H26/c1-2-4-6-8-10-12-14-15-13-11-9-7-5-3-1/h1-2,13,15H,3-12,14H2/b2-1+,15-13+. The van der Waals surface area contributed by atoms with Crippen molar-refractivity contribution in [3.8, 4) is 0 Å². The maximum absolute atomic E-state index is 2.39. The summed E-state index contributed by atoms with van der Waals surface area (Å²) in [5.41, 5.74) is 0. The highest BCUT2D eigenvalue weighted by atomic mass is 14.0. The Morgan fingerprint density at radius 3 is 0.933 bits per heavy atom. The molecule has 0 radical (unpaired) electrons.